The van der Waals surface area contributed by atoms with Gasteiger partial charge in [-0.2, -0.15) is 0 Å². The van der Waals surface area contributed by atoms with Gasteiger partial charge in [0, 0.05) is 10.8 Å². The van der Waals surface area contributed by atoms with Crippen molar-refractivity contribution in [3.63, 3.8) is 0 Å². The monoisotopic (exact) mass is 470 g/mol. The maximum atomic E-state index is 6.21. The van der Waals surface area contributed by atoms with E-state index >= 15 is 0 Å². The van der Waals surface area contributed by atoms with Crippen molar-refractivity contribution in [2.24, 2.45) is 0 Å². The van der Waals surface area contributed by atoms with Crippen LogP contribution in [0.2, 0.25) is 0 Å². The Kier molecular flexibility index (Phi) is 4.29. The minimum absolute atomic E-state index is 0.921. The molecule has 37 heavy (non-hydrogen) atoms. The number of furan rings is 1. The van der Waals surface area contributed by atoms with Crippen LogP contribution >= 0.6 is 0 Å². The molecule has 0 aliphatic rings. The molecule has 0 aliphatic heterocycles. The average molecular weight is 471 g/mol. The van der Waals surface area contributed by atoms with Crippen LogP contribution in [0.5, 0.6) is 0 Å². The topological polar surface area (TPSA) is 13.1 Å². The third-order valence-electron chi connectivity index (χ3n) is 7.67. The molecule has 8 rings (SSSR count). The molecule has 1 heterocycles. The van der Waals surface area contributed by atoms with E-state index in [2.05, 4.69) is 121 Å². The van der Waals surface area contributed by atoms with E-state index in [4.69, 9.17) is 4.42 Å². The van der Waals surface area contributed by atoms with Crippen LogP contribution in [0.4, 0.5) is 0 Å². The van der Waals surface area contributed by atoms with Gasteiger partial charge in [0.05, 0.1) is 0 Å². The van der Waals surface area contributed by atoms with Gasteiger partial charge in [-0.1, -0.05) is 109 Å². The number of benzene rings is 7. The summed E-state index contributed by atoms with van der Waals surface area (Å²) in [7, 11) is 0. The number of hydrogen-bond acceptors (Lipinski definition) is 1. The molecule has 0 unspecified atom stereocenters. The van der Waals surface area contributed by atoms with E-state index in [0.29, 0.717) is 0 Å². The van der Waals surface area contributed by atoms with Gasteiger partial charge in [-0.05, 0) is 78.8 Å². The molecule has 8 aromatic rings. The lowest BCUT2D eigenvalue weighted by atomic mass is 9.89. The number of fused-ring (bicyclic) bond motifs is 9. The molecule has 1 nitrogen and oxygen atoms in total. The van der Waals surface area contributed by atoms with Crippen molar-refractivity contribution in [1.29, 1.82) is 0 Å². The first-order valence-electron chi connectivity index (χ1n) is 12.7. The van der Waals surface area contributed by atoms with Gasteiger partial charge in [0.25, 0.3) is 0 Å². The van der Waals surface area contributed by atoms with Gasteiger partial charge in [-0.3, -0.25) is 0 Å². The van der Waals surface area contributed by atoms with Crippen LogP contribution in [0, 0.1) is 0 Å². The van der Waals surface area contributed by atoms with Crippen molar-refractivity contribution < 1.29 is 4.42 Å². The predicted octanol–water partition coefficient (Wildman–Crippen LogP) is 10.4. The smallest absolute Gasteiger partial charge is 0.136 e. The lowest BCUT2D eigenvalue weighted by Gasteiger charge is -2.14. The van der Waals surface area contributed by atoms with Crippen LogP contribution in [0.3, 0.4) is 0 Å². The van der Waals surface area contributed by atoms with Crippen molar-refractivity contribution in [1.82, 2.24) is 0 Å². The van der Waals surface area contributed by atoms with Crippen molar-refractivity contribution in [3.8, 4) is 22.3 Å². The minimum atomic E-state index is 0.921. The summed E-state index contributed by atoms with van der Waals surface area (Å²) in [6.45, 7) is 0. The zero-order valence-electron chi connectivity index (χ0n) is 20.1. The first kappa shape index (κ1) is 20.3. The molecular formula is C36H22O. The Labute approximate surface area is 214 Å². The molecule has 1 heteroatoms. The first-order chi connectivity index (χ1) is 18.3. The molecule has 0 radical (unpaired) electrons. The van der Waals surface area contributed by atoms with Crippen molar-refractivity contribution >= 4 is 54.3 Å². The molecular weight excluding hydrogens is 448 g/mol. The molecule has 0 amide bonds. The fourth-order valence-electron chi connectivity index (χ4n) is 5.96. The molecule has 172 valence electrons. The quantitative estimate of drug-likeness (QED) is 0.229. The predicted molar refractivity (Wildman–Crippen MR) is 157 cm³/mol. The third-order valence-corrected chi connectivity index (χ3v) is 7.67. The largest absolute Gasteiger partial charge is 0.456 e. The normalized spacial score (nSPS) is 11.8. The van der Waals surface area contributed by atoms with Crippen LogP contribution < -0.4 is 0 Å². The van der Waals surface area contributed by atoms with Gasteiger partial charge in [0.1, 0.15) is 11.2 Å². The summed E-state index contributed by atoms with van der Waals surface area (Å²) in [5.41, 5.74) is 6.64. The highest BCUT2D eigenvalue weighted by molar-refractivity contribution is 6.25. The van der Waals surface area contributed by atoms with E-state index in [9.17, 15) is 0 Å². The highest BCUT2D eigenvalue weighted by Crippen LogP contribution is 2.40. The van der Waals surface area contributed by atoms with Gasteiger partial charge in [0.15, 0.2) is 0 Å². The Balaban J connectivity index is 1.37. The lowest BCUT2D eigenvalue weighted by molar-refractivity contribution is 0.669. The molecule has 7 aromatic carbocycles. The van der Waals surface area contributed by atoms with E-state index in [1.54, 1.807) is 0 Å². The van der Waals surface area contributed by atoms with Crippen LogP contribution in [0.1, 0.15) is 0 Å². The molecule has 0 fully saturated rings. The summed E-state index contributed by atoms with van der Waals surface area (Å²) in [6, 6.07) is 47.9. The van der Waals surface area contributed by atoms with Gasteiger partial charge < -0.3 is 4.42 Å². The van der Waals surface area contributed by atoms with Crippen LogP contribution in [0.15, 0.2) is 138 Å². The van der Waals surface area contributed by atoms with Gasteiger partial charge in [-0.15, -0.1) is 0 Å². The summed E-state index contributed by atoms with van der Waals surface area (Å²) < 4.78 is 6.21. The average Bonchev–Trinajstić information content (AvgIpc) is 3.35. The summed E-state index contributed by atoms with van der Waals surface area (Å²) >= 11 is 0. The van der Waals surface area contributed by atoms with Gasteiger partial charge >= 0.3 is 0 Å². The van der Waals surface area contributed by atoms with Crippen molar-refractivity contribution in [2.75, 3.05) is 0 Å². The molecule has 0 saturated heterocycles. The van der Waals surface area contributed by atoms with Gasteiger partial charge in [-0.25, -0.2) is 0 Å². The summed E-state index contributed by atoms with van der Waals surface area (Å²) in [5.74, 6) is 0. The molecule has 0 N–H and O–H groups in total. The van der Waals surface area contributed by atoms with E-state index in [0.717, 1.165) is 27.5 Å². The van der Waals surface area contributed by atoms with E-state index in [-0.39, 0.29) is 0 Å². The molecule has 0 aliphatic carbocycles. The van der Waals surface area contributed by atoms with Crippen molar-refractivity contribution in [3.05, 3.63) is 133 Å². The zero-order valence-corrected chi connectivity index (χ0v) is 20.1. The maximum Gasteiger partial charge on any atom is 0.136 e. The molecule has 1 aromatic heterocycles. The van der Waals surface area contributed by atoms with E-state index < -0.39 is 0 Å². The van der Waals surface area contributed by atoms with Crippen LogP contribution in [-0.4, -0.2) is 0 Å². The second kappa shape index (κ2) is 7.81. The molecule has 0 spiro atoms. The van der Waals surface area contributed by atoms with Crippen LogP contribution in [0.25, 0.3) is 76.5 Å². The highest BCUT2D eigenvalue weighted by atomic mass is 16.3. The fraction of sp³-hybridized carbons (Fsp3) is 0. The lowest BCUT2D eigenvalue weighted by Crippen LogP contribution is -1.87. The summed E-state index contributed by atoms with van der Waals surface area (Å²) in [5, 5.41) is 10.1. The SMILES string of the molecule is c1ccc(-c2ccc3c4ccccc4c4ccccc4c3c2)c(-c2ccc3c(c2)oc2ccccc23)c1. The second-order valence-electron chi connectivity index (χ2n) is 9.71. The summed E-state index contributed by atoms with van der Waals surface area (Å²) in [6.07, 6.45) is 0. The Bertz CT molecular complexity index is 2110. The fourth-order valence-corrected chi connectivity index (χ4v) is 5.96. The minimum Gasteiger partial charge on any atom is -0.456 e. The van der Waals surface area contributed by atoms with Gasteiger partial charge in [0.2, 0.25) is 0 Å². The first-order valence-corrected chi connectivity index (χ1v) is 12.7. The zero-order chi connectivity index (χ0) is 24.3. The maximum absolute atomic E-state index is 6.21. The van der Waals surface area contributed by atoms with Crippen molar-refractivity contribution in [2.45, 2.75) is 0 Å². The Morgan fingerprint density at radius 3 is 1.38 bits per heavy atom. The van der Waals surface area contributed by atoms with Crippen LogP contribution in [-0.2, 0) is 0 Å². The van der Waals surface area contributed by atoms with E-state index in [1.807, 2.05) is 12.1 Å². The number of para-hydroxylation sites is 1. The molecule has 0 bridgehead atoms. The third kappa shape index (κ3) is 3.04. The second-order valence-corrected chi connectivity index (χ2v) is 9.71. The number of hydrogen-bond donors (Lipinski definition) is 0. The Morgan fingerprint density at radius 2 is 0.730 bits per heavy atom. The highest BCUT2D eigenvalue weighted by Gasteiger charge is 2.13. The Morgan fingerprint density at radius 1 is 0.297 bits per heavy atom. The Hall–Kier alpha value is -4.88. The van der Waals surface area contributed by atoms with E-state index in [1.165, 1.54) is 49.0 Å². The molecule has 0 atom stereocenters. The summed E-state index contributed by atoms with van der Waals surface area (Å²) in [4.78, 5) is 0. The number of rotatable bonds is 2. The molecule has 0 saturated carbocycles. The standard InChI is InChI=1S/C36H22O/c1-2-10-26(24-18-20-33-32-15-7-8-16-35(32)37-36(33)22-24)25(9-1)23-17-19-31-29-13-4-3-11-27(29)28-12-5-6-14-30(28)34(31)21-23/h1-22H.